The monoisotopic (exact) mass is 312 g/mol. The quantitative estimate of drug-likeness (QED) is 0.752. The van der Waals surface area contributed by atoms with Crippen LogP contribution in [0.25, 0.3) is 0 Å². The molecule has 0 heterocycles. The minimum atomic E-state index is -0.691. The first-order valence-corrected chi connectivity index (χ1v) is 6.19. The summed E-state index contributed by atoms with van der Waals surface area (Å²) in [6.07, 6.45) is 0. The summed E-state index contributed by atoms with van der Waals surface area (Å²) in [7, 11) is 0. The molecule has 0 aliphatic heterocycles. The summed E-state index contributed by atoms with van der Waals surface area (Å²) in [6, 6.07) is 10.2. The molecule has 0 bridgehead atoms. The second-order valence-corrected chi connectivity index (χ2v) is 4.68. The zero-order valence-corrected chi connectivity index (χ0v) is 11.3. The maximum atomic E-state index is 13.6. The Morgan fingerprint density at radius 2 is 1.78 bits per heavy atom. The van der Waals surface area contributed by atoms with Gasteiger partial charge in [0, 0.05) is 11.6 Å². The van der Waals surface area contributed by atoms with Gasteiger partial charge in [0.05, 0.1) is 4.47 Å². The Morgan fingerprint density at radius 3 is 2.44 bits per heavy atom. The summed E-state index contributed by atoms with van der Waals surface area (Å²) in [4.78, 5) is 0. The molecule has 0 fully saturated rings. The predicted octanol–water partition coefficient (Wildman–Crippen LogP) is 4.61. The molecule has 0 atom stereocenters. The molecular formula is C14H11BrF2O. The molecule has 2 rings (SSSR count). The van der Waals surface area contributed by atoms with Crippen LogP contribution in [0.5, 0.6) is 5.75 Å². The minimum absolute atomic E-state index is 0.0760. The molecule has 0 aliphatic carbocycles. The van der Waals surface area contributed by atoms with Crippen LogP contribution < -0.4 is 4.74 Å². The van der Waals surface area contributed by atoms with Crippen molar-refractivity contribution in [2.75, 3.05) is 0 Å². The zero-order chi connectivity index (χ0) is 13.1. The summed E-state index contributed by atoms with van der Waals surface area (Å²) in [5, 5.41) is 0. The van der Waals surface area contributed by atoms with Crippen LogP contribution in [0.4, 0.5) is 8.78 Å². The molecule has 94 valence electrons. The number of hydrogen-bond donors (Lipinski definition) is 0. The van der Waals surface area contributed by atoms with Crippen LogP contribution in [0.2, 0.25) is 0 Å². The Labute approximate surface area is 113 Å². The number of halogens is 3. The van der Waals surface area contributed by atoms with Gasteiger partial charge in [-0.3, -0.25) is 0 Å². The van der Waals surface area contributed by atoms with Crippen molar-refractivity contribution < 1.29 is 13.5 Å². The molecule has 18 heavy (non-hydrogen) atoms. The topological polar surface area (TPSA) is 9.23 Å². The largest absolute Gasteiger partial charge is 0.486 e. The fourth-order valence-corrected chi connectivity index (χ4v) is 1.90. The molecular weight excluding hydrogens is 302 g/mol. The van der Waals surface area contributed by atoms with Crippen molar-refractivity contribution in [3.05, 3.63) is 63.6 Å². The molecule has 0 saturated carbocycles. The standard InChI is InChI=1S/C14H11BrF2O/c1-9-13(15)11(16)7-12(17)14(9)18-8-10-5-3-2-4-6-10/h2-7H,8H2,1H3. The molecule has 2 aromatic rings. The first-order chi connectivity index (χ1) is 8.59. The SMILES string of the molecule is Cc1c(Br)c(F)cc(F)c1OCc1ccccc1. The maximum Gasteiger partial charge on any atom is 0.168 e. The molecule has 0 N–H and O–H groups in total. The summed E-state index contributed by atoms with van der Waals surface area (Å²) in [5.41, 5.74) is 1.35. The van der Waals surface area contributed by atoms with Crippen molar-refractivity contribution in [1.29, 1.82) is 0 Å². The van der Waals surface area contributed by atoms with E-state index < -0.39 is 11.6 Å². The van der Waals surface area contributed by atoms with E-state index in [1.807, 2.05) is 30.3 Å². The molecule has 0 aliphatic rings. The molecule has 0 radical (unpaired) electrons. The van der Waals surface area contributed by atoms with Crippen LogP contribution in [0, 0.1) is 18.6 Å². The highest BCUT2D eigenvalue weighted by Gasteiger charge is 2.15. The van der Waals surface area contributed by atoms with E-state index in [0.717, 1.165) is 11.6 Å². The fourth-order valence-electron chi connectivity index (χ4n) is 1.61. The van der Waals surface area contributed by atoms with E-state index in [0.29, 0.717) is 5.56 Å². The Kier molecular flexibility index (Phi) is 3.97. The summed E-state index contributed by atoms with van der Waals surface area (Å²) < 4.78 is 32.5. The van der Waals surface area contributed by atoms with Gasteiger partial charge in [-0.05, 0) is 28.4 Å². The van der Waals surface area contributed by atoms with Crippen molar-refractivity contribution in [2.24, 2.45) is 0 Å². The van der Waals surface area contributed by atoms with Gasteiger partial charge in [0.15, 0.2) is 11.6 Å². The predicted molar refractivity (Wildman–Crippen MR) is 69.6 cm³/mol. The Morgan fingerprint density at radius 1 is 1.11 bits per heavy atom. The van der Waals surface area contributed by atoms with Crippen LogP contribution in [-0.4, -0.2) is 0 Å². The van der Waals surface area contributed by atoms with E-state index in [9.17, 15) is 8.78 Å². The third-order valence-electron chi connectivity index (χ3n) is 2.58. The third-order valence-corrected chi connectivity index (χ3v) is 3.55. The van der Waals surface area contributed by atoms with Crippen molar-refractivity contribution in [3.8, 4) is 5.75 Å². The van der Waals surface area contributed by atoms with Crippen LogP contribution in [0.3, 0.4) is 0 Å². The second kappa shape index (κ2) is 5.48. The second-order valence-electron chi connectivity index (χ2n) is 3.88. The van der Waals surface area contributed by atoms with Gasteiger partial charge in [0.2, 0.25) is 0 Å². The fraction of sp³-hybridized carbons (Fsp3) is 0.143. The van der Waals surface area contributed by atoms with E-state index in [-0.39, 0.29) is 16.8 Å². The first-order valence-electron chi connectivity index (χ1n) is 5.40. The maximum absolute atomic E-state index is 13.6. The van der Waals surface area contributed by atoms with Gasteiger partial charge < -0.3 is 4.74 Å². The highest BCUT2D eigenvalue weighted by Crippen LogP contribution is 2.32. The van der Waals surface area contributed by atoms with Gasteiger partial charge in [-0.1, -0.05) is 30.3 Å². The van der Waals surface area contributed by atoms with Crippen LogP contribution in [0.15, 0.2) is 40.9 Å². The Balaban J connectivity index is 2.22. The zero-order valence-electron chi connectivity index (χ0n) is 9.71. The lowest BCUT2D eigenvalue weighted by molar-refractivity contribution is 0.286. The van der Waals surface area contributed by atoms with Crippen molar-refractivity contribution in [3.63, 3.8) is 0 Å². The highest BCUT2D eigenvalue weighted by molar-refractivity contribution is 9.10. The number of rotatable bonds is 3. The number of ether oxygens (including phenoxy) is 1. The average molecular weight is 313 g/mol. The van der Waals surface area contributed by atoms with Crippen LogP contribution in [0.1, 0.15) is 11.1 Å². The third kappa shape index (κ3) is 2.70. The first kappa shape index (κ1) is 13.0. The molecule has 0 unspecified atom stereocenters. The van der Waals surface area contributed by atoms with E-state index in [2.05, 4.69) is 15.9 Å². The lowest BCUT2D eigenvalue weighted by Gasteiger charge is -2.12. The van der Waals surface area contributed by atoms with E-state index in [1.165, 1.54) is 0 Å². The van der Waals surface area contributed by atoms with Crippen molar-refractivity contribution in [1.82, 2.24) is 0 Å². The molecule has 0 amide bonds. The molecule has 2 aromatic carbocycles. The molecule has 0 saturated heterocycles. The normalized spacial score (nSPS) is 10.4. The highest BCUT2D eigenvalue weighted by atomic mass is 79.9. The van der Waals surface area contributed by atoms with E-state index >= 15 is 0 Å². The summed E-state index contributed by atoms with van der Waals surface area (Å²) in [5.74, 6) is -1.24. The molecule has 1 nitrogen and oxygen atoms in total. The summed E-state index contributed by atoms with van der Waals surface area (Å²) in [6.45, 7) is 1.85. The molecule has 0 aromatic heterocycles. The number of benzene rings is 2. The summed E-state index contributed by atoms with van der Waals surface area (Å²) >= 11 is 3.07. The van der Waals surface area contributed by atoms with Gasteiger partial charge in [0.25, 0.3) is 0 Å². The van der Waals surface area contributed by atoms with Crippen molar-refractivity contribution in [2.45, 2.75) is 13.5 Å². The van der Waals surface area contributed by atoms with Crippen molar-refractivity contribution >= 4 is 15.9 Å². The average Bonchev–Trinajstić information content (AvgIpc) is 2.37. The minimum Gasteiger partial charge on any atom is -0.486 e. The van der Waals surface area contributed by atoms with Gasteiger partial charge in [-0.15, -0.1) is 0 Å². The Bertz CT molecular complexity index is 555. The number of hydrogen-bond acceptors (Lipinski definition) is 1. The van der Waals surface area contributed by atoms with Gasteiger partial charge in [-0.25, -0.2) is 8.78 Å². The van der Waals surface area contributed by atoms with Crippen LogP contribution >= 0.6 is 15.9 Å². The van der Waals surface area contributed by atoms with E-state index in [4.69, 9.17) is 4.74 Å². The lowest BCUT2D eigenvalue weighted by atomic mass is 10.2. The smallest absolute Gasteiger partial charge is 0.168 e. The molecule has 4 heteroatoms. The molecule has 0 spiro atoms. The van der Waals surface area contributed by atoms with Gasteiger partial charge in [0.1, 0.15) is 12.4 Å². The van der Waals surface area contributed by atoms with Gasteiger partial charge >= 0.3 is 0 Å². The van der Waals surface area contributed by atoms with Gasteiger partial charge in [-0.2, -0.15) is 0 Å². The van der Waals surface area contributed by atoms with Crippen LogP contribution in [-0.2, 0) is 6.61 Å². The lowest BCUT2D eigenvalue weighted by Crippen LogP contribution is -2.01. The Hall–Kier alpha value is -1.42. The van der Waals surface area contributed by atoms with E-state index in [1.54, 1.807) is 6.92 Å².